The summed E-state index contributed by atoms with van der Waals surface area (Å²) in [5, 5.41) is 31.2. The molecule has 2 aromatic carbocycles. The van der Waals surface area contributed by atoms with Crippen molar-refractivity contribution in [3.63, 3.8) is 0 Å². The van der Waals surface area contributed by atoms with Crippen molar-refractivity contribution < 1.29 is 29.2 Å². The molecule has 0 aliphatic carbocycles. The second-order valence-corrected chi connectivity index (χ2v) is 6.85. The van der Waals surface area contributed by atoms with Crippen molar-refractivity contribution in [3.8, 4) is 11.5 Å². The first-order valence-corrected chi connectivity index (χ1v) is 8.67. The monoisotopic (exact) mass is 373 g/mol. The summed E-state index contributed by atoms with van der Waals surface area (Å²) in [6, 6.07) is 8.94. The average molecular weight is 373 g/mol. The highest BCUT2D eigenvalue weighted by Gasteiger charge is 2.28. The van der Waals surface area contributed by atoms with Crippen LogP contribution in [0.15, 0.2) is 36.4 Å². The maximum Gasteiger partial charge on any atom is 0.552 e. The van der Waals surface area contributed by atoms with Gasteiger partial charge in [-0.1, -0.05) is 12.1 Å². The highest BCUT2D eigenvalue weighted by molar-refractivity contribution is 5.89. The molecule has 8 heteroatoms. The van der Waals surface area contributed by atoms with E-state index in [1.54, 1.807) is 16.7 Å². The molecule has 8 nitrogen and oxygen atoms in total. The molecule has 1 aromatic heterocycles. The van der Waals surface area contributed by atoms with E-state index in [9.17, 15) is 20.3 Å². The third-order valence-electron chi connectivity index (χ3n) is 4.37. The SMILES string of the molecule is CC(C)[N+](=C(O)Oc1cccc2c1n(O)c1cccc(O)c1[n+]2=O)C(C)C. The number of hydrogen-bond donors (Lipinski definition) is 3. The zero-order chi connectivity index (χ0) is 19.9. The third-order valence-corrected chi connectivity index (χ3v) is 4.37. The molecular weight excluding hydrogens is 350 g/mol. The summed E-state index contributed by atoms with van der Waals surface area (Å²) >= 11 is 0. The molecule has 1 heterocycles. The first kappa shape index (κ1) is 18.5. The molecule has 0 fully saturated rings. The lowest BCUT2D eigenvalue weighted by molar-refractivity contribution is -0.600. The topological polar surface area (TPSA) is 101 Å². The zero-order valence-electron chi connectivity index (χ0n) is 15.6. The van der Waals surface area contributed by atoms with Gasteiger partial charge in [0.25, 0.3) is 5.52 Å². The Hall–Kier alpha value is -3.29. The van der Waals surface area contributed by atoms with E-state index in [4.69, 9.17) is 4.74 Å². The molecule has 0 saturated heterocycles. The van der Waals surface area contributed by atoms with Gasteiger partial charge in [0.2, 0.25) is 0 Å². The van der Waals surface area contributed by atoms with Crippen molar-refractivity contribution >= 4 is 28.2 Å². The molecule has 27 heavy (non-hydrogen) atoms. The van der Waals surface area contributed by atoms with Crippen LogP contribution in [0, 0.1) is 4.91 Å². The predicted octanol–water partition coefficient (Wildman–Crippen LogP) is 2.77. The second kappa shape index (κ2) is 6.79. The summed E-state index contributed by atoms with van der Waals surface area (Å²) in [6.07, 6.45) is -0.332. The van der Waals surface area contributed by atoms with E-state index in [0.717, 1.165) is 4.73 Å². The summed E-state index contributed by atoms with van der Waals surface area (Å²) in [7, 11) is 0. The van der Waals surface area contributed by atoms with E-state index in [-0.39, 0.29) is 51.7 Å². The van der Waals surface area contributed by atoms with Crippen LogP contribution < -0.4 is 9.16 Å². The van der Waals surface area contributed by atoms with Crippen molar-refractivity contribution in [2.75, 3.05) is 0 Å². The van der Waals surface area contributed by atoms with E-state index in [2.05, 4.69) is 0 Å². The Balaban J connectivity index is 2.32. The number of aliphatic hydroxyl groups is 1. The van der Waals surface area contributed by atoms with Crippen molar-refractivity contribution in [1.29, 1.82) is 0 Å². The van der Waals surface area contributed by atoms with E-state index >= 15 is 0 Å². The summed E-state index contributed by atoms with van der Waals surface area (Å²) in [5.74, 6) is -0.146. The number of aromatic nitrogens is 2. The van der Waals surface area contributed by atoms with Gasteiger partial charge in [-0.05, 0) is 45.9 Å². The number of hydrogen-bond acceptors (Lipinski definition) is 4. The molecule has 0 amide bonds. The lowest BCUT2D eigenvalue weighted by Crippen LogP contribution is -2.36. The van der Waals surface area contributed by atoms with Gasteiger partial charge in [-0.25, -0.2) is 0 Å². The van der Waals surface area contributed by atoms with E-state index in [1.807, 2.05) is 27.7 Å². The number of para-hydroxylation sites is 2. The number of aromatic hydroxyl groups is 1. The van der Waals surface area contributed by atoms with Crippen LogP contribution in [0.5, 0.6) is 11.5 Å². The largest absolute Gasteiger partial charge is 0.552 e. The predicted molar refractivity (Wildman–Crippen MR) is 100 cm³/mol. The fourth-order valence-electron chi connectivity index (χ4n) is 3.30. The Morgan fingerprint density at radius 2 is 1.74 bits per heavy atom. The van der Waals surface area contributed by atoms with Gasteiger partial charge in [0.15, 0.2) is 34.6 Å². The number of aliphatic hydroxyl groups excluding tert-OH is 1. The van der Waals surface area contributed by atoms with Gasteiger partial charge in [-0.2, -0.15) is 9.31 Å². The number of fused-ring (bicyclic) bond motifs is 2. The van der Waals surface area contributed by atoms with Gasteiger partial charge < -0.3 is 20.2 Å². The quantitative estimate of drug-likeness (QED) is 0.215. The average Bonchev–Trinajstić information content (AvgIpc) is 2.58. The summed E-state index contributed by atoms with van der Waals surface area (Å²) in [4.78, 5) is 12.7. The van der Waals surface area contributed by atoms with Crippen LogP contribution in [-0.4, -0.2) is 42.9 Å². The molecule has 0 aliphatic rings. The molecule has 3 aromatic rings. The van der Waals surface area contributed by atoms with Crippen molar-refractivity contribution in [2.45, 2.75) is 39.8 Å². The minimum Gasteiger partial charge on any atom is -0.502 e. The Kier molecular flexibility index (Phi) is 4.65. The molecule has 0 radical (unpaired) electrons. The number of benzene rings is 2. The van der Waals surface area contributed by atoms with Gasteiger partial charge in [-0.15, -0.1) is 0 Å². The fourth-order valence-corrected chi connectivity index (χ4v) is 3.30. The van der Waals surface area contributed by atoms with Crippen LogP contribution in [0.1, 0.15) is 27.7 Å². The lowest BCUT2D eigenvalue weighted by Gasteiger charge is -2.13. The molecule has 3 N–H and O–H groups in total. The number of phenolic OH excluding ortho intramolecular Hbond substituents is 1. The number of phenols is 1. The van der Waals surface area contributed by atoms with Crippen LogP contribution >= 0.6 is 0 Å². The Bertz CT molecular complexity index is 1110. The smallest absolute Gasteiger partial charge is 0.502 e. The first-order chi connectivity index (χ1) is 12.7. The summed E-state index contributed by atoms with van der Waals surface area (Å²) in [6.45, 7) is 7.65. The normalized spacial score (nSPS) is 11.5. The van der Waals surface area contributed by atoms with Crippen LogP contribution in [-0.2, 0) is 0 Å². The summed E-state index contributed by atoms with van der Waals surface area (Å²) < 4.78 is 8.60. The molecule has 3 rings (SSSR count). The van der Waals surface area contributed by atoms with E-state index in [1.165, 1.54) is 24.3 Å². The number of rotatable bonds is 3. The van der Waals surface area contributed by atoms with Gasteiger partial charge in [0.05, 0.1) is 4.43 Å². The summed E-state index contributed by atoms with van der Waals surface area (Å²) in [5.41, 5.74) is 0.198. The molecule has 0 bridgehead atoms. The molecule has 0 saturated carbocycles. The minimum absolute atomic E-state index is 0.0246. The first-order valence-electron chi connectivity index (χ1n) is 8.67. The molecule has 0 unspecified atom stereocenters. The Morgan fingerprint density at radius 1 is 1.11 bits per heavy atom. The van der Waals surface area contributed by atoms with Gasteiger partial charge in [0, 0.05) is 11.0 Å². The van der Waals surface area contributed by atoms with Crippen LogP contribution in [0.25, 0.3) is 22.1 Å². The zero-order valence-corrected chi connectivity index (χ0v) is 15.6. The highest BCUT2D eigenvalue weighted by Crippen LogP contribution is 2.28. The maximum absolute atomic E-state index is 12.7. The van der Waals surface area contributed by atoms with Gasteiger partial charge in [-0.3, -0.25) is 0 Å². The molecule has 0 aliphatic heterocycles. The van der Waals surface area contributed by atoms with E-state index < -0.39 is 0 Å². The third kappa shape index (κ3) is 3.03. The molecule has 0 spiro atoms. The van der Waals surface area contributed by atoms with Crippen LogP contribution in [0.2, 0.25) is 0 Å². The highest BCUT2D eigenvalue weighted by atomic mass is 16.6. The molecular formula is C19H23N3O5+2. The van der Waals surface area contributed by atoms with Crippen molar-refractivity contribution in [2.24, 2.45) is 0 Å². The van der Waals surface area contributed by atoms with Crippen molar-refractivity contribution in [1.82, 2.24) is 4.73 Å². The number of nitrogens with zero attached hydrogens (tertiary/aromatic N) is 3. The minimum atomic E-state index is -0.332. The van der Waals surface area contributed by atoms with Crippen LogP contribution in [0.4, 0.5) is 0 Å². The Morgan fingerprint density at radius 3 is 2.37 bits per heavy atom. The van der Waals surface area contributed by atoms with E-state index in [0.29, 0.717) is 4.43 Å². The maximum atomic E-state index is 12.7. The molecule has 0 atom stereocenters. The Labute approximate surface area is 155 Å². The second-order valence-electron chi connectivity index (χ2n) is 6.85. The fraction of sp³-hybridized carbons (Fsp3) is 0.316. The molecule has 142 valence electrons. The van der Waals surface area contributed by atoms with Gasteiger partial charge in [0.1, 0.15) is 0 Å². The van der Waals surface area contributed by atoms with Crippen molar-refractivity contribution in [3.05, 3.63) is 41.3 Å². The standard InChI is InChI=1S/C19H21N3O5/c1-11(2)20(12(3)4)19(24)27-16-10-6-8-14-18(16)22(26)13-7-5-9-15(23)17(13)21(14)25/h5-12,26H,1-4H3/p+2. The van der Waals surface area contributed by atoms with Crippen LogP contribution in [0.3, 0.4) is 0 Å². The van der Waals surface area contributed by atoms with Gasteiger partial charge >= 0.3 is 11.6 Å². The lowest BCUT2D eigenvalue weighted by atomic mass is 10.2. The number of ether oxygens (including phenoxy) is 1.